The second kappa shape index (κ2) is 6.49. The van der Waals surface area contributed by atoms with Crippen LogP contribution in [-0.4, -0.2) is 11.6 Å². The van der Waals surface area contributed by atoms with E-state index >= 15 is 0 Å². The molecule has 0 amide bonds. The molecule has 18 heavy (non-hydrogen) atoms. The zero-order chi connectivity index (χ0) is 13.0. The minimum absolute atomic E-state index is 0.210. The average Bonchev–Trinajstić information content (AvgIpc) is 2.37. The van der Waals surface area contributed by atoms with Gasteiger partial charge in [-0.25, -0.2) is 0 Å². The summed E-state index contributed by atoms with van der Waals surface area (Å²) in [5.74, 6) is 2.50. The first kappa shape index (κ1) is 13.8. The average molecular weight is 250 g/mol. The third kappa shape index (κ3) is 3.43. The predicted molar refractivity (Wildman–Crippen MR) is 72.3 cm³/mol. The lowest BCUT2D eigenvalue weighted by Gasteiger charge is -2.40. The fraction of sp³-hybridized carbons (Fsp3) is 0.875. The van der Waals surface area contributed by atoms with Gasteiger partial charge in [0.2, 0.25) is 0 Å². The van der Waals surface area contributed by atoms with Crippen LogP contribution >= 0.6 is 0 Å². The summed E-state index contributed by atoms with van der Waals surface area (Å²) in [6, 6.07) is 0. The summed E-state index contributed by atoms with van der Waals surface area (Å²) in [5, 5.41) is 0. The topological polar surface area (TPSA) is 34.1 Å². The van der Waals surface area contributed by atoms with Crippen molar-refractivity contribution in [3.05, 3.63) is 0 Å². The highest BCUT2D eigenvalue weighted by atomic mass is 16.1. The molecule has 3 unspecified atom stereocenters. The van der Waals surface area contributed by atoms with Gasteiger partial charge in [0.05, 0.1) is 0 Å². The number of hydrogen-bond acceptors (Lipinski definition) is 2. The fourth-order valence-electron chi connectivity index (χ4n) is 4.04. The molecule has 2 nitrogen and oxygen atoms in total. The second-order valence-corrected chi connectivity index (χ2v) is 6.27. The maximum absolute atomic E-state index is 12.3. The molecule has 0 spiro atoms. The van der Waals surface area contributed by atoms with Gasteiger partial charge in [-0.3, -0.25) is 4.79 Å². The molecule has 2 aliphatic carbocycles. The smallest absolute Gasteiger partial charge is 0.136 e. The summed E-state index contributed by atoms with van der Waals surface area (Å²) >= 11 is 0. The number of ketones is 2. The maximum Gasteiger partial charge on any atom is 0.136 e. The van der Waals surface area contributed by atoms with Crippen molar-refractivity contribution in [1.29, 1.82) is 0 Å². The SMILES string of the molecule is CC(=O)CCCC(=O)C1CCCC2CCCCC21. The molecule has 0 aromatic rings. The van der Waals surface area contributed by atoms with E-state index in [1.165, 1.54) is 38.5 Å². The van der Waals surface area contributed by atoms with E-state index in [2.05, 4.69) is 0 Å². The van der Waals surface area contributed by atoms with Crippen LogP contribution in [0.15, 0.2) is 0 Å². The van der Waals surface area contributed by atoms with Crippen LogP contribution in [0.2, 0.25) is 0 Å². The summed E-state index contributed by atoms with van der Waals surface area (Å²) in [5.41, 5.74) is 0. The Hall–Kier alpha value is -0.660. The largest absolute Gasteiger partial charge is 0.300 e. The Morgan fingerprint density at radius 3 is 2.44 bits per heavy atom. The first-order valence-electron chi connectivity index (χ1n) is 7.70. The summed E-state index contributed by atoms with van der Waals surface area (Å²) in [4.78, 5) is 23.2. The van der Waals surface area contributed by atoms with Crippen LogP contribution in [-0.2, 0) is 9.59 Å². The third-order valence-corrected chi connectivity index (χ3v) is 4.94. The van der Waals surface area contributed by atoms with Gasteiger partial charge in [-0.2, -0.15) is 0 Å². The number of carbonyl (C=O) groups is 2. The zero-order valence-electron chi connectivity index (χ0n) is 11.6. The Bertz CT molecular complexity index is 306. The standard InChI is InChI=1S/C16H26O2/c1-12(17)6-4-11-16(18)15-10-5-8-13-7-2-3-9-14(13)15/h13-15H,2-11H2,1H3. The molecule has 0 N–H and O–H groups in total. The van der Waals surface area contributed by atoms with E-state index in [4.69, 9.17) is 0 Å². The van der Waals surface area contributed by atoms with E-state index in [9.17, 15) is 9.59 Å². The first-order chi connectivity index (χ1) is 8.68. The van der Waals surface area contributed by atoms with Crippen molar-refractivity contribution in [2.75, 3.05) is 0 Å². The van der Waals surface area contributed by atoms with Crippen LogP contribution in [0.5, 0.6) is 0 Å². The highest BCUT2D eigenvalue weighted by Crippen LogP contribution is 2.44. The van der Waals surface area contributed by atoms with Crippen LogP contribution in [0.3, 0.4) is 0 Å². The molecule has 102 valence electrons. The van der Waals surface area contributed by atoms with Crippen molar-refractivity contribution in [3.63, 3.8) is 0 Å². The summed E-state index contributed by atoms with van der Waals surface area (Å²) < 4.78 is 0. The molecule has 2 heteroatoms. The lowest BCUT2D eigenvalue weighted by atomic mass is 9.64. The Kier molecular flexibility index (Phi) is 4.96. The predicted octanol–water partition coefficient (Wildman–Crippen LogP) is 3.92. The number of rotatable bonds is 5. The van der Waals surface area contributed by atoms with Gasteiger partial charge < -0.3 is 4.79 Å². The number of carbonyl (C=O) groups excluding carboxylic acids is 2. The monoisotopic (exact) mass is 250 g/mol. The molecule has 2 saturated carbocycles. The number of hydrogen-bond donors (Lipinski definition) is 0. The summed E-state index contributed by atoms with van der Waals surface area (Å²) in [7, 11) is 0. The molecule has 0 bridgehead atoms. The lowest BCUT2D eigenvalue weighted by Crippen LogP contribution is -2.35. The molecular weight excluding hydrogens is 224 g/mol. The number of fused-ring (bicyclic) bond motifs is 1. The minimum Gasteiger partial charge on any atom is -0.300 e. The van der Waals surface area contributed by atoms with Gasteiger partial charge in [-0.1, -0.05) is 32.1 Å². The zero-order valence-corrected chi connectivity index (χ0v) is 11.6. The Morgan fingerprint density at radius 1 is 0.944 bits per heavy atom. The van der Waals surface area contributed by atoms with E-state index in [1.807, 2.05) is 0 Å². The molecule has 0 radical (unpaired) electrons. The quantitative estimate of drug-likeness (QED) is 0.741. The molecule has 2 rings (SSSR count). The molecule has 3 atom stereocenters. The highest BCUT2D eigenvalue weighted by molar-refractivity contribution is 5.82. The van der Waals surface area contributed by atoms with Crippen molar-refractivity contribution >= 4 is 11.6 Å². The Balaban J connectivity index is 1.85. The van der Waals surface area contributed by atoms with Crippen molar-refractivity contribution in [3.8, 4) is 0 Å². The van der Waals surface area contributed by atoms with E-state index in [-0.39, 0.29) is 5.78 Å². The van der Waals surface area contributed by atoms with Crippen LogP contribution in [0.1, 0.15) is 71.1 Å². The Labute approximate surface area is 111 Å². The van der Waals surface area contributed by atoms with Crippen LogP contribution in [0.25, 0.3) is 0 Å². The maximum atomic E-state index is 12.3. The van der Waals surface area contributed by atoms with Gasteiger partial charge in [0.25, 0.3) is 0 Å². The molecule has 0 saturated heterocycles. The van der Waals surface area contributed by atoms with E-state index < -0.39 is 0 Å². The molecule has 0 aliphatic heterocycles. The molecule has 0 aromatic heterocycles. The molecule has 2 aliphatic rings. The van der Waals surface area contributed by atoms with Gasteiger partial charge in [0, 0.05) is 18.8 Å². The van der Waals surface area contributed by atoms with Crippen LogP contribution in [0, 0.1) is 17.8 Å². The molecule has 0 heterocycles. The van der Waals surface area contributed by atoms with Gasteiger partial charge in [-0.15, -0.1) is 0 Å². The summed E-state index contributed by atoms with van der Waals surface area (Å²) in [6.45, 7) is 1.61. The van der Waals surface area contributed by atoms with Gasteiger partial charge in [-0.05, 0) is 38.0 Å². The van der Waals surface area contributed by atoms with E-state index in [0.29, 0.717) is 30.5 Å². The van der Waals surface area contributed by atoms with Gasteiger partial charge in [0.1, 0.15) is 11.6 Å². The summed E-state index contributed by atoms with van der Waals surface area (Å²) in [6.07, 6.45) is 11.0. The van der Waals surface area contributed by atoms with E-state index in [1.54, 1.807) is 6.92 Å². The van der Waals surface area contributed by atoms with Crippen molar-refractivity contribution in [1.82, 2.24) is 0 Å². The number of Topliss-reactive ketones (excluding diaryl/α,β-unsaturated/α-hetero) is 2. The Morgan fingerprint density at radius 2 is 1.67 bits per heavy atom. The van der Waals surface area contributed by atoms with Crippen molar-refractivity contribution in [2.24, 2.45) is 17.8 Å². The highest BCUT2D eigenvalue weighted by Gasteiger charge is 2.37. The van der Waals surface area contributed by atoms with E-state index in [0.717, 1.165) is 18.8 Å². The van der Waals surface area contributed by atoms with Crippen molar-refractivity contribution in [2.45, 2.75) is 71.1 Å². The fourth-order valence-corrected chi connectivity index (χ4v) is 4.04. The third-order valence-electron chi connectivity index (χ3n) is 4.94. The normalized spacial score (nSPS) is 31.7. The van der Waals surface area contributed by atoms with Crippen molar-refractivity contribution < 1.29 is 9.59 Å². The minimum atomic E-state index is 0.210. The first-order valence-corrected chi connectivity index (χ1v) is 7.70. The van der Waals surface area contributed by atoms with Crippen LogP contribution < -0.4 is 0 Å². The lowest BCUT2D eigenvalue weighted by molar-refractivity contribution is -0.127. The van der Waals surface area contributed by atoms with Gasteiger partial charge >= 0.3 is 0 Å². The van der Waals surface area contributed by atoms with Crippen LogP contribution in [0.4, 0.5) is 0 Å². The van der Waals surface area contributed by atoms with Gasteiger partial charge in [0.15, 0.2) is 0 Å². The molecule has 0 aromatic carbocycles. The molecular formula is C16H26O2. The molecule has 2 fully saturated rings. The second-order valence-electron chi connectivity index (χ2n) is 6.27.